The minimum absolute atomic E-state index is 0.262. The second kappa shape index (κ2) is 5.97. The quantitative estimate of drug-likeness (QED) is 0.775. The smallest absolute Gasteiger partial charge is 0.255 e. The van der Waals surface area contributed by atoms with Gasteiger partial charge in [-0.3, -0.25) is 9.97 Å². The standard InChI is InChI=1S/C15H16N4O2/c1-2-3-4-13(20)15-18-14(19-21-15)10-5-6-11-12(9-10)17-8-7-16-11/h5-9,13,20H,2-4H2,1H3. The fraction of sp³-hybridized carbons (Fsp3) is 0.333. The van der Waals surface area contributed by atoms with E-state index in [9.17, 15) is 5.11 Å². The SMILES string of the molecule is CCCCC(O)c1nc(-c2ccc3nccnc3c2)no1. The van der Waals surface area contributed by atoms with Crippen molar-refractivity contribution in [2.45, 2.75) is 32.3 Å². The average molecular weight is 284 g/mol. The molecule has 0 saturated carbocycles. The first-order chi connectivity index (χ1) is 10.3. The molecule has 108 valence electrons. The number of aliphatic hydroxyl groups is 1. The first-order valence-electron chi connectivity index (χ1n) is 7.00. The Hall–Kier alpha value is -2.34. The summed E-state index contributed by atoms with van der Waals surface area (Å²) in [5.74, 6) is 0.714. The van der Waals surface area contributed by atoms with Gasteiger partial charge >= 0.3 is 0 Å². The molecule has 21 heavy (non-hydrogen) atoms. The highest BCUT2D eigenvalue weighted by molar-refractivity contribution is 5.79. The first-order valence-corrected chi connectivity index (χ1v) is 7.00. The molecule has 0 radical (unpaired) electrons. The number of fused-ring (bicyclic) bond motifs is 1. The molecule has 1 atom stereocenters. The molecule has 3 rings (SSSR count). The zero-order valence-electron chi connectivity index (χ0n) is 11.7. The van der Waals surface area contributed by atoms with Crippen molar-refractivity contribution < 1.29 is 9.63 Å². The Bertz CT molecular complexity index is 741. The van der Waals surface area contributed by atoms with Crippen LogP contribution in [0.5, 0.6) is 0 Å². The summed E-state index contributed by atoms with van der Waals surface area (Å²) in [6.45, 7) is 2.07. The van der Waals surface area contributed by atoms with E-state index in [-0.39, 0.29) is 5.89 Å². The topological polar surface area (TPSA) is 84.9 Å². The predicted octanol–water partition coefficient (Wildman–Crippen LogP) is 2.90. The lowest BCUT2D eigenvalue weighted by atomic mass is 10.1. The van der Waals surface area contributed by atoms with Crippen molar-refractivity contribution in [2.24, 2.45) is 0 Å². The summed E-state index contributed by atoms with van der Waals surface area (Å²) in [5.41, 5.74) is 2.38. The summed E-state index contributed by atoms with van der Waals surface area (Å²) >= 11 is 0. The van der Waals surface area contributed by atoms with Gasteiger partial charge in [0.15, 0.2) is 0 Å². The molecular formula is C15H16N4O2. The lowest BCUT2D eigenvalue weighted by Crippen LogP contribution is -1.97. The molecular weight excluding hydrogens is 268 g/mol. The summed E-state index contributed by atoms with van der Waals surface area (Å²) in [7, 11) is 0. The lowest BCUT2D eigenvalue weighted by molar-refractivity contribution is 0.122. The van der Waals surface area contributed by atoms with Crippen LogP contribution in [0.1, 0.15) is 38.2 Å². The second-order valence-corrected chi connectivity index (χ2v) is 4.87. The van der Waals surface area contributed by atoms with Gasteiger partial charge in [0.1, 0.15) is 6.10 Å². The zero-order chi connectivity index (χ0) is 14.7. The maximum atomic E-state index is 9.97. The molecule has 0 aliphatic carbocycles. The molecule has 2 heterocycles. The molecule has 0 aliphatic heterocycles. The number of benzene rings is 1. The van der Waals surface area contributed by atoms with E-state index in [1.54, 1.807) is 12.4 Å². The van der Waals surface area contributed by atoms with Crippen LogP contribution in [0.15, 0.2) is 35.1 Å². The van der Waals surface area contributed by atoms with Gasteiger partial charge in [-0.1, -0.05) is 24.9 Å². The van der Waals surface area contributed by atoms with Crippen LogP contribution in [0, 0.1) is 0 Å². The molecule has 3 aromatic rings. The van der Waals surface area contributed by atoms with Crippen LogP contribution < -0.4 is 0 Å². The van der Waals surface area contributed by atoms with Crippen LogP contribution in [0.3, 0.4) is 0 Å². The van der Waals surface area contributed by atoms with Gasteiger partial charge in [-0.05, 0) is 24.6 Å². The Kier molecular flexibility index (Phi) is 3.87. The molecule has 0 amide bonds. The first kappa shape index (κ1) is 13.6. The van der Waals surface area contributed by atoms with Gasteiger partial charge in [-0.2, -0.15) is 4.98 Å². The van der Waals surface area contributed by atoms with E-state index in [0.717, 1.165) is 29.4 Å². The van der Waals surface area contributed by atoms with E-state index in [1.807, 2.05) is 18.2 Å². The van der Waals surface area contributed by atoms with E-state index < -0.39 is 6.10 Å². The van der Waals surface area contributed by atoms with E-state index in [2.05, 4.69) is 27.0 Å². The van der Waals surface area contributed by atoms with Crippen LogP contribution >= 0.6 is 0 Å². The van der Waals surface area contributed by atoms with Gasteiger partial charge in [0.25, 0.3) is 5.89 Å². The number of unbranched alkanes of at least 4 members (excludes halogenated alkanes) is 1. The number of aromatic nitrogens is 4. The van der Waals surface area contributed by atoms with Gasteiger partial charge in [0, 0.05) is 18.0 Å². The molecule has 6 heteroatoms. The number of hydrogen-bond donors (Lipinski definition) is 1. The highest BCUT2D eigenvalue weighted by Crippen LogP contribution is 2.23. The molecule has 1 N–H and O–H groups in total. The normalized spacial score (nSPS) is 12.7. The highest BCUT2D eigenvalue weighted by atomic mass is 16.5. The fourth-order valence-electron chi connectivity index (χ4n) is 2.11. The van der Waals surface area contributed by atoms with Crippen LogP contribution in [-0.2, 0) is 0 Å². The summed E-state index contributed by atoms with van der Waals surface area (Å²) in [4.78, 5) is 12.7. The number of nitrogens with zero attached hydrogens (tertiary/aromatic N) is 4. The summed E-state index contributed by atoms with van der Waals surface area (Å²) < 4.78 is 5.14. The fourth-order valence-corrected chi connectivity index (χ4v) is 2.11. The Balaban J connectivity index is 1.87. The third kappa shape index (κ3) is 2.90. The predicted molar refractivity (Wildman–Crippen MR) is 77.3 cm³/mol. The minimum Gasteiger partial charge on any atom is -0.383 e. The Morgan fingerprint density at radius 3 is 2.81 bits per heavy atom. The third-order valence-corrected chi connectivity index (χ3v) is 3.29. The van der Waals surface area contributed by atoms with Crippen LogP contribution in [0.25, 0.3) is 22.4 Å². The third-order valence-electron chi connectivity index (χ3n) is 3.29. The molecule has 1 unspecified atom stereocenters. The van der Waals surface area contributed by atoms with E-state index >= 15 is 0 Å². The van der Waals surface area contributed by atoms with Crippen LogP contribution in [0.2, 0.25) is 0 Å². The maximum Gasteiger partial charge on any atom is 0.255 e. The van der Waals surface area contributed by atoms with Crippen molar-refractivity contribution in [2.75, 3.05) is 0 Å². The van der Waals surface area contributed by atoms with Gasteiger partial charge in [0.2, 0.25) is 5.82 Å². The van der Waals surface area contributed by atoms with Crippen molar-refractivity contribution in [3.05, 3.63) is 36.5 Å². The van der Waals surface area contributed by atoms with Gasteiger partial charge in [0.05, 0.1) is 11.0 Å². The molecule has 0 spiro atoms. The van der Waals surface area contributed by atoms with Gasteiger partial charge < -0.3 is 9.63 Å². The van der Waals surface area contributed by atoms with E-state index in [0.29, 0.717) is 12.2 Å². The lowest BCUT2D eigenvalue weighted by Gasteiger charge is -2.02. The largest absolute Gasteiger partial charge is 0.383 e. The minimum atomic E-state index is -0.702. The molecule has 2 aromatic heterocycles. The van der Waals surface area contributed by atoms with Crippen molar-refractivity contribution in [3.63, 3.8) is 0 Å². The van der Waals surface area contributed by atoms with Crippen LogP contribution in [-0.4, -0.2) is 25.2 Å². The Morgan fingerprint density at radius 2 is 2.00 bits per heavy atom. The summed E-state index contributed by atoms with van der Waals surface area (Å²) in [5, 5.41) is 13.9. The van der Waals surface area contributed by atoms with Gasteiger partial charge in [-0.15, -0.1) is 0 Å². The Morgan fingerprint density at radius 1 is 1.19 bits per heavy atom. The van der Waals surface area contributed by atoms with Crippen molar-refractivity contribution in [1.29, 1.82) is 0 Å². The molecule has 0 fully saturated rings. The van der Waals surface area contributed by atoms with Crippen molar-refractivity contribution >= 4 is 11.0 Å². The van der Waals surface area contributed by atoms with Crippen molar-refractivity contribution in [1.82, 2.24) is 20.1 Å². The monoisotopic (exact) mass is 284 g/mol. The molecule has 0 bridgehead atoms. The van der Waals surface area contributed by atoms with Gasteiger partial charge in [-0.25, -0.2) is 0 Å². The molecule has 1 aromatic carbocycles. The molecule has 6 nitrogen and oxygen atoms in total. The maximum absolute atomic E-state index is 9.97. The molecule has 0 aliphatic rings. The average Bonchev–Trinajstić information content (AvgIpc) is 3.02. The van der Waals surface area contributed by atoms with E-state index in [1.165, 1.54) is 0 Å². The number of hydrogen-bond acceptors (Lipinski definition) is 6. The summed E-state index contributed by atoms with van der Waals surface area (Å²) in [6.07, 6.45) is 5.15. The number of aliphatic hydroxyl groups excluding tert-OH is 1. The zero-order valence-corrected chi connectivity index (χ0v) is 11.7. The van der Waals surface area contributed by atoms with Crippen LogP contribution in [0.4, 0.5) is 0 Å². The molecule has 0 saturated heterocycles. The van der Waals surface area contributed by atoms with E-state index in [4.69, 9.17) is 4.52 Å². The second-order valence-electron chi connectivity index (χ2n) is 4.87. The summed E-state index contributed by atoms with van der Waals surface area (Å²) in [6, 6.07) is 5.58. The van der Waals surface area contributed by atoms with Crippen molar-refractivity contribution in [3.8, 4) is 11.4 Å². The Labute approximate surface area is 121 Å². The highest BCUT2D eigenvalue weighted by Gasteiger charge is 2.16. The number of rotatable bonds is 5.